The number of benzene rings is 2. The van der Waals surface area contributed by atoms with Gasteiger partial charge in [0.2, 0.25) is 0 Å². The van der Waals surface area contributed by atoms with Crippen LogP contribution < -0.4 is 10.1 Å². The number of hydrogen-bond acceptors (Lipinski definition) is 5. The minimum absolute atomic E-state index is 0.256. The van der Waals surface area contributed by atoms with Gasteiger partial charge >= 0.3 is 5.97 Å². The first-order valence-electron chi connectivity index (χ1n) is 6.98. The number of para-hydroxylation sites is 1. The molecule has 0 fully saturated rings. The van der Waals surface area contributed by atoms with E-state index in [0.29, 0.717) is 5.69 Å². The van der Waals surface area contributed by atoms with Gasteiger partial charge in [-0.05, 0) is 30.5 Å². The zero-order valence-corrected chi connectivity index (χ0v) is 14.0. The zero-order chi connectivity index (χ0) is 17.5. The second-order valence-corrected chi connectivity index (χ2v) is 5.52. The minimum Gasteiger partial charge on any atom is -0.497 e. The van der Waals surface area contributed by atoms with E-state index in [2.05, 4.69) is 5.32 Å². The summed E-state index contributed by atoms with van der Waals surface area (Å²) in [6, 6.07) is 11.0. The summed E-state index contributed by atoms with van der Waals surface area (Å²) in [7, 11) is 1.39. The highest BCUT2D eigenvalue weighted by Crippen LogP contribution is 2.24. The molecule has 2 rings (SSSR count). The van der Waals surface area contributed by atoms with Crippen LogP contribution in [0.1, 0.15) is 10.4 Å². The predicted molar refractivity (Wildman–Crippen MR) is 90.1 cm³/mol. The third-order valence-corrected chi connectivity index (χ3v) is 3.91. The van der Waals surface area contributed by atoms with Crippen molar-refractivity contribution in [3.8, 4) is 5.75 Å². The largest absolute Gasteiger partial charge is 0.497 e. The topological polar surface area (TPSA) is 64.6 Å². The number of ether oxygens (including phenoxy) is 2. The van der Waals surface area contributed by atoms with E-state index in [-0.39, 0.29) is 11.3 Å². The van der Waals surface area contributed by atoms with E-state index in [0.717, 1.165) is 11.0 Å². The first kappa shape index (κ1) is 17.8. The molecule has 0 unspecified atom stereocenters. The van der Waals surface area contributed by atoms with Gasteiger partial charge in [0.05, 0.1) is 18.4 Å². The summed E-state index contributed by atoms with van der Waals surface area (Å²) < 4.78 is 23.5. The maximum absolute atomic E-state index is 13.8. The monoisotopic (exact) mass is 349 g/mol. The Balaban J connectivity index is 1.95. The highest BCUT2D eigenvalue weighted by molar-refractivity contribution is 7.98. The van der Waals surface area contributed by atoms with E-state index < -0.39 is 24.3 Å². The number of hydrogen-bond donors (Lipinski definition) is 1. The zero-order valence-electron chi connectivity index (χ0n) is 13.2. The molecule has 0 atom stereocenters. The van der Waals surface area contributed by atoms with Crippen LogP contribution in [0.15, 0.2) is 47.4 Å². The molecule has 5 nitrogen and oxygen atoms in total. The Morgan fingerprint density at radius 1 is 1.21 bits per heavy atom. The summed E-state index contributed by atoms with van der Waals surface area (Å²) in [5.41, 5.74) is 0.370. The van der Waals surface area contributed by atoms with Crippen LogP contribution in [0.4, 0.5) is 10.1 Å². The first-order chi connectivity index (χ1) is 11.5. The lowest BCUT2D eigenvalue weighted by Crippen LogP contribution is -2.21. The quantitative estimate of drug-likeness (QED) is 0.640. The Morgan fingerprint density at radius 3 is 2.62 bits per heavy atom. The van der Waals surface area contributed by atoms with Gasteiger partial charge in [-0.15, -0.1) is 11.8 Å². The summed E-state index contributed by atoms with van der Waals surface area (Å²) in [4.78, 5) is 24.6. The third kappa shape index (κ3) is 4.48. The molecule has 126 valence electrons. The number of rotatable bonds is 6. The lowest BCUT2D eigenvalue weighted by Gasteiger charge is -2.10. The van der Waals surface area contributed by atoms with Crippen molar-refractivity contribution in [2.24, 2.45) is 0 Å². The standard InChI is InChI=1S/C17H16FNO4S/c1-22-11-7-8-12(13(18)9-11)17(21)23-10-16(20)19-14-5-3-4-6-15(14)24-2/h3-9H,10H2,1-2H3,(H,19,20). The SMILES string of the molecule is COc1ccc(C(=O)OCC(=O)Nc2ccccc2SC)c(F)c1. The van der Waals surface area contributed by atoms with Crippen LogP contribution >= 0.6 is 11.8 Å². The molecule has 0 aliphatic rings. The van der Waals surface area contributed by atoms with Gasteiger partial charge in [0.1, 0.15) is 11.6 Å². The van der Waals surface area contributed by atoms with E-state index in [9.17, 15) is 14.0 Å². The number of anilines is 1. The first-order valence-corrected chi connectivity index (χ1v) is 8.21. The third-order valence-electron chi connectivity index (χ3n) is 3.11. The number of thioether (sulfide) groups is 1. The Labute approximate surface area is 143 Å². The van der Waals surface area contributed by atoms with Gasteiger partial charge in [0.25, 0.3) is 5.91 Å². The molecular formula is C17H16FNO4S. The molecule has 0 radical (unpaired) electrons. The number of nitrogens with one attached hydrogen (secondary N) is 1. The fraction of sp³-hybridized carbons (Fsp3) is 0.176. The van der Waals surface area contributed by atoms with Crippen molar-refractivity contribution in [2.75, 3.05) is 25.3 Å². The molecule has 0 heterocycles. The maximum atomic E-state index is 13.8. The Morgan fingerprint density at radius 2 is 1.96 bits per heavy atom. The van der Waals surface area contributed by atoms with Crippen LogP contribution in [0.2, 0.25) is 0 Å². The maximum Gasteiger partial charge on any atom is 0.341 e. The van der Waals surface area contributed by atoms with Gasteiger partial charge in [-0.3, -0.25) is 4.79 Å². The molecule has 0 aromatic heterocycles. The molecule has 0 bridgehead atoms. The lowest BCUT2D eigenvalue weighted by atomic mass is 10.2. The van der Waals surface area contributed by atoms with Crippen LogP contribution in [0.5, 0.6) is 5.75 Å². The number of carbonyl (C=O) groups excluding carboxylic acids is 2. The van der Waals surface area contributed by atoms with Gasteiger partial charge < -0.3 is 14.8 Å². The predicted octanol–water partition coefficient (Wildman–Crippen LogP) is 3.35. The minimum atomic E-state index is -0.913. The second-order valence-electron chi connectivity index (χ2n) is 4.67. The fourth-order valence-electron chi connectivity index (χ4n) is 1.93. The molecule has 0 spiro atoms. The van der Waals surface area contributed by atoms with Crippen LogP contribution in [-0.4, -0.2) is 31.8 Å². The van der Waals surface area contributed by atoms with Gasteiger partial charge in [0.15, 0.2) is 6.61 Å². The number of methoxy groups -OCH3 is 1. The molecule has 0 saturated heterocycles. The van der Waals surface area contributed by atoms with Gasteiger partial charge in [-0.1, -0.05) is 12.1 Å². The van der Waals surface area contributed by atoms with Crippen molar-refractivity contribution in [2.45, 2.75) is 4.90 Å². The fourth-order valence-corrected chi connectivity index (χ4v) is 2.49. The molecule has 24 heavy (non-hydrogen) atoms. The van der Waals surface area contributed by atoms with Crippen LogP contribution in [0.3, 0.4) is 0 Å². The molecule has 1 amide bonds. The number of amides is 1. The van der Waals surface area contributed by atoms with E-state index in [4.69, 9.17) is 9.47 Å². The van der Waals surface area contributed by atoms with Crippen molar-refractivity contribution in [1.29, 1.82) is 0 Å². The highest BCUT2D eigenvalue weighted by atomic mass is 32.2. The normalized spacial score (nSPS) is 10.1. The molecule has 2 aromatic carbocycles. The number of esters is 1. The smallest absolute Gasteiger partial charge is 0.341 e. The summed E-state index contributed by atoms with van der Waals surface area (Å²) >= 11 is 1.48. The molecular weight excluding hydrogens is 333 g/mol. The van der Waals surface area contributed by atoms with Crippen LogP contribution in [-0.2, 0) is 9.53 Å². The Hall–Kier alpha value is -2.54. The van der Waals surface area contributed by atoms with E-state index in [1.807, 2.05) is 18.4 Å². The summed E-state index contributed by atoms with van der Waals surface area (Å²) in [6.45, 7) is -0.507. The van der Waals surface area contributed by atoms with Gasteiger partial charge in [-0.2, -0.15) is 0 Å². The van der Waals surface area contributed by atoms with Crippen molar-refractivity contribution in [3.05, 3.63) is 53.8 Å². The summed E-state index contributed by atoms with van der Waals surface area (Å²) in [5, 5.41) is 2.65. The molecule has 2 aromatic rings. The Bertz CT molecular complexity index is 751. The number of carbonyl (C=O) groups is 2. The summed E-state index contributed by atoms with van der Waals surface area (Å²) in [5.74, 6) is -1.90. The van der Waals surface area contributed by atoms with Crippen molar-refractivity contribution >= 4 is 29.3 Å². The highest BCUT2D eigenvalue weighted by Gasteiger charge is 2.16. The molecule has 7 heteroatoms. The van der Waals surface area contributed by atoms with Crippen molar-refractivity contribution in [1.82, 2.24) is 0 Å². The van der Waals surface area contributed by atoms with Crippen molar-refractivity contribution < 1.29 is 23.5 Å². The average Bonchev–Trinajstić information content (AvgIpc) is 2.60. The van der Waals surface area contributed by atoms with Gasteiger partial charge in [-0.25, -0.2) is 9.18 Å². The second kappa shape index (κ2) is 8.35. The molecule has 0 aliphatic carbocycles. The van der Waals surface area contributed by atoms with E-state index in [1.54, 1.807) is 12.1 Å². The molecule has 1 N–H and O–H groups in total. The van der Waals surface area contributed by atoms with Crippen LogP contribution in [0.25, 0.3) is 0 Å². The van der Waals surface area contributed by atoms with Gasteiger partial charge in [0, 0.05) is 11.0 Å². The van der Waals surface area contributed by atoms with Crippen LogP contribution in [0, 0.1) is 5.82 Å². The molecule has 0 saturated carbocycles. The van der Waals surface area contributed by atoms with E-state index in [1.165, 1.54) is 31.0 Å². The summed E-state index contributed by atoms with van der Waals surface area (Å²) in [6.07, 6.45) is 1.89. The Kier molecular flexibility index (Phi) is 6.20. The van der Waals surface area contributed by atoms with Crippen molar-refractivity contribution in [3.63, 3.8) is 0 Å². The number of halogens is 1. The lowest BCUT2D eigenvalue weighted by molar-refractivity contribution is -0.119. The average molecular weight is 349 g/mol. The molecule has 0 aliphatic heterocycles. The van der Waals surface area contributed by atoms with E-state index >= 15 is 0 Å².